The quantitative estimate of drug-likeness (QED) is 0.172. The molecular formula is C27H26N4O12. The minimum atomic E-state index is -1.21. The number of likely N-dealkylation sites (N-methyl/N-ethyl adjacent to an activating group) is 1. The second kappa shape index (κ2) is 10.6. The molecule has 0 radical (unpaired) electrons. The Morgan fingerprint density at radius 2 is 1.67 bits per heavy atom. The minimum absolute atomic E-state index is 0.245. The third-order valence-electron chi connectivity index (χ3n) is 8.33. The van der Waals surface area contributed by atoms with E-state index in [1.807, 2.05) is 12.1 Å². The molecule has 0 saturated carbocycles. The number of non-ortho nitro benzene ring substituents is 1. The number of phenols is 1. The highest BCUT2D eigenvalue weighted by molar-refractivity contribution is 5.73. The third kappa shape index (κ3) is 4.78. The number of likely N-dealkylation sites (tertiary alicyclic amines) is 1. The Kier molecular flexibility index (Phi) is 7.25. The van der Waals surface area contributed by atoms with Crippen LogP contribution in [0.2, 0.25) is 0 Å². The van der Waals surface area contributed by atoms with Gasteiger partial charge in [0.2, 0.25) is 0 Å². The largest absolute Gasteiger partial charge is 0.497 e. The van der Waals surface area contributed by atoms with Gasteiger partial charge in [-0.1, -0.05) is 12.1 Å². The first kappa shape index (κ1) is 29.4. The number of nitro groups is 3. The molecule has 4 aliphatic rings. The van der Waals surface area contributed by atoms with Crippen LogP contribution in [0, 0.1) is 36.3 Å². The van der Waals surface area contributed by atoms with Crippen LogP contribution >= 0.6 is 0 Å². The fourth-order valence-corrected chi connectivity index (χ4v) is 6.71. The maximum absolute atomic E-state index is 11.7. The Hall–Kier alpha value is -5.12. The first-order chi connectivity index (χ1) is 20.3. The molecular weight excluding hydrogens is 572 g/mol. The highest BCUT2D eigenvalue weighted by atomic mass is 16.6. The monoisotopic (exact) mass is 598 g/mol. The highest BCUT2D eigenvalue weighted by Crippen LogP contribution is 2.62. The molecule has 0 aromatic heterocycles. The normalized spacial score (nSPS) is 25.7. The first-order valence-corrected chi connectivity index (χ1v) is 13.1. The van der Waals surface area contributed by atoms with E-state index in [1.54, 1.807) is 0 Å². The summed E-state index contributed by atoms with van der Waals surface area (Å²) in [6.45, 7) is 3.77. The number of carbonyl (C=O) groups excluding carboxylic acids is 2. The number of benzene rings is 2. The van der Waals surface area contributed by atoms with Crippen LogP contribution in [0.5, 0.6) is 17.2 Å². The molecule has 1 N–H and O–H groups in total. The number of hydrogen-bond donors (Lipinski definition) is 1. The molecule has 0 unspecified atom stereocenters. The van der Waals surface area contributed by atoms with E-state index >= 15 is 0 Å². The number of phenolic OH excluding ortho intramolecular Hbond substituents is 1. The average Bonchev–Trinajstić information content (AvgIpc) is 3.28. The lowest BCUT2D eigenvalue weighted by atomic mass is 9.53. The molecule has 2 aromatic rings. The van der Waals surface area contributed by atoms with Crippen molar-refractivity contribution >= 4 is 29.0 Å². The lowest BCUT2D eigenvalue weighted by molar-refractivity contribution is -0.404. The predicted molar refractivity (Wildman–Crippen MR) is 145 cm³/mol. The van der Waals surface area contributed by atoms with E-state index in [-0.39, 0.29) is 29.4 Å². The highest BCUT2D eigenvalue weighted by Gasteiger charge is 2.65. The molecule has 43 heavy (non-hydrogen) atoms. The van der Waals surface area contributed by atoms with Crippen molar-refractivity contribution in [3.8, 4) is 17.2 Å². The maximum atomic E-state index is 11.7. The number of aromatic hydroxyl groups is 1. The van der Waals surface area contributed by atoms with Crippen LogP contribution in [-0.2, 0) is 26.2 Å². The molecule has 5 atom stereocenters. The number of nitro benzene ring substituents is 3. The summed E-state index contributed by atoms with van der Waals surface area (Å²) >= 11 is 0. The molecule has 226 valence electrons. The number of carbonyl (C=O) groups is 2. The molecule has 6 rings (SSSR count). The van der Waals surface area contributed by atoms with E-state index in [4.69, 9.17) is 19.3 Å². The molecule has 2 bridgehead atoms. The van der Waals surface area contributed by atoms with Gasteiger partial charge in [-0.2, -0.15) is 0 Å². The summed E-state index contributed by atoms with van der Waals surface area (Å²) in [4.78, 5) is 53.5. The number of piperidine rings is 1. The summed E-state index contributed by atoms with van der Waals surface area (Å²) in [6, 6.07) is 5.17. The SMILES string of the molecule is CC(=O)Oc1ccc2c3c1O[C@H]1[C@@H](OC(C)=O)C=C[C@H]4[C@@H](C2)N(C)CC[C@@]341.O=[N+]([O-])c1cc([N+](=O)[O-])c(O)c([N+](=O)[O-])c1. The van der Waals surface area contributed by atoms with Crippen molar-refractivity contribution in [3.05, 3.63) is 77.9 Å². The van der Waals surface area contributed by atoms with Gasteiger partial charge in [-0.05, 0) is 44.1 Å². The average molecular weight is 599 g/mol. The minimum Gasteiger partial charge on any atom is -0.497 e. The van der Waals surface area contributed by atoms with Crippen molar-refractivity contribution in [2.24, 2.45) is 5.92 Å². The van der Waals surface area contributed by atoms with Crippen molar-refractivity contribution in [3.63, 3.8) is 0 Å². The lowest BCUT2D eigenvalue weighted by Crippen LogP contribution is -2.65. The zero-order chi connectivity index (χ0) is 31.4. The zero-order valence-corrected chi connectivity index (χ0v) is 23.1. The predicted octanol–water partition coefficient (Wildman–Crippen LogP) is 3.11. The van der Waals surface area contributed by atoms with Gasteiger partial charge in [0.25, 0.3) is 11.4 Å². The van der Waals surface area contributed by atoms with Gasteiger partial charge in [-0.25, -0.2) is 0 Å². The summed E-state index contributed by atoms with van der Waals surface area (Å²) in [7, 11) is 2.17. The van der Waals surface area contributed by atoms with Gasteiger partial charge in [-0.3, -0.25) is 39.9 Å². The van der Waals surface area contributed by atoms with Gasteiger partial charge >= 0.3 is 23.3 Å². The number of ether oxygens (including phenoxy) is 3. The third-order valence-corrected chi connectivity index (χ3v) is 8.33. The number of rotatable bonds is 5. The molecule has 0 amide bonds. The second-order valence-corrected chi connectivity index (χ2v) is 10.7. The van der Waals surface area contributed by atoms with Gasteiger partial charge in [0, 0.05) is 36.8 Å². The van der Waals surface area contributed by atoms with Crippen molar-refractivity contribution in [2.45, 2.75) is 50.4 Å². The Bertz CT molecular complexity index is 1570. The molecule has 1 fully saturated rings. The van der Waals surface area contributed by atoms with Crippen LogP contribution < -0.4 is 9.47 Å². The van der Waals surface area contributed by atoms with Crippen molar-refractivity contribution in [2.75, 3.05) is 13.6 Å². The van der Waals surface area contributed by atoms with Crippen molar-refractivity contribution < 1.29 is 43.7 Å². The van der Waals surface area contributed by atoms with E-state index < -0.39 is 43.7 Å². The van der Waals surface area contributed by atoms with E-state index in [9.17, 15) is 39.9 Å². The van der Waals surface area contributed by atoms with Gasteiger partial charge in [-0.15, -0.1) is 0 Å². The summed E-state index contributed by atoms with van der Waals surface area (Å²) < 4.78 is 17.5. The summed E-state index contributed by atoms with van der Waals surface area (Å²) in [5.41, 5.74) is -0.848. The summed E-state index contributed by atoms with van der Waals surface area (Å²) in [6.07, 6.45) is 5.31. The second-order valence-electron chi connectivity index (χ2n) is 10.7. The van der Waals surface area contributed by atoms with Gasteiger partial charge in [0.1, 0.15) is 6.10 Å². The fourth-order valence-electron chi connectivity index (χ4n) is 6.71. The number of nitrogens with zero attached hydrogens (tertiary/aromatic N) is 4. The van der Waals surface area contributed by atoms with Gasteiger partial charge in [0.15, 0.2) is 17.6 Å². The number of esters is 2. The van der Waals surface area contributed by atoms with Crippen LogP contribution in [0.4, 0.5) is 17.1 Å². The fraction of sp³-hybridized carbons (Fsp3) is 0.407. The summed E-state index contributed by atoms with van der Waals surface area (Å²) in [5, 5.41) is 40.2. The molecule has 16 heteroatoms. The molecule has 2 aliphatic heterocycles. The van der Waals surface area contributed by atoms with Gasteiger partial charge < -0.3 is 24.2 Å². The van der Waals surface area contributed by atoms with E-state index in [1.165, 1.54) is 19.4 Å². The van der Waals surface area contributed by atoms with E-state index in [0.29, 0.717) is 29.7 Å². The molecule has 2 heterocycles. The van der Waals surface area contributed by atoms with Crippen LogP contribution in [-0.4, -0.2) is 68.6 Å². The molecule has 2 aliphatic carbocycles. The van der Waals surface area contributed by atoms with Gasteiger partial charge in [0.05, 0.1) is 26.9 Å². The molecule has 2 aromatic carbocycles. The topological polar surface area (TPSA) is 215 Å². The van der Waals surface area contributed by atoms with E-state index in [0.717, 1.165) is 24.9 Å². The lowest BCUT2D eigenvalue weighted by Gasteiger charge is -2.56. The molecule has 1 spiro atoms. The first-order valence-electron chi connectivity index (χ1n) is 13.1. The smallest absolute Gasteiger partial charge is 0.324 e. The molecule has 16 nitrogen and oxygen atoms in total. The molecule has 1 saturated heterocycles. The maximum Gasteiger partial charge on any atom is 0.324 e. The van der Waals surface area contributed by atoms with Crippen LogP contribution in [0.25, 0.3) is 0 Å². The van der Waals surface area contributed by atoms with Crippen LogP contribution in [0.3, 0.4) is 0 Å². The Morgan fingerprint density at radius 3 is 2.23 bits per heavy atom. The summed E-state index contributed by atoms with van der Waals surface area (Å²) in [5.74, 6) is -0.496. The standard InChI is InChI=1S/C21H23NO5.C6H3N3O7/c1-11(23)25-16-6-4-13-10-15-14-5-7-17(26-12(2)24)20-21(14,8-9-22(15)3)18(13)19(16)27-20;10-6-4(8(13)14)1-3(7(11)12)2-5(6)9(15)16/h4-7,14-15,17,20H,8-10H2,1-3H3;1-2,10H/t14-,15+,17-,20-,21-;/m0./s1. The van der Waals surface area contributed by atoms with Crippen molar-refractivity contribution in [1.82, 2.24) is 4.90 Å². The van der Waals surface area contributed by atoms with Crippen LogP contribution in [0.1, 0.15) is 31.4 Å². The number of hydrogen-bond acceptors (Lipinski definition) is 13. The Labute approximate surface area is 242 Å². The van der Waals surface area contributed by atoms with Crippen molar-refractivity contribution in [1.29, 1.82) is 0 Å². The van der Waals surface area contributed by atoms with Crippen LogP contribution in [0.15, 0.2) is 36.4 Å². The Morgan fingerprint density at radius 1 is 1.02 bits per heavy atom. The Balaban J connectivity index is 0.000000198. The zero-order valence-electron chi connectivity index (χ0n) is 23.1. The van der Waals surface area contributed by atoms with E-state index in [2.05, 4.69) is 24.1 Å².